The van der Waals surface area contributed by atoms with E-state index in [0.717, 1.165) is 12.1 Å². The largest absolute Gasteiger partial charge is 0.369 e. The van der Waals surface area contributed by atoms with Crippen LogP contribution >= 0.6 is 11.6 Å². The molecule has 0 saturated carbocycles. The van der Waals surface area contributed by atoms with Gasteiger partial charge in [-0.2, -0.15) is 0 Å². The van der Waals surface area contributed by atoms with Crippen molar-refractivity contribution in [3.8, 4) is 0 Å². The average Bonchev–Trinajstić information content (AvgIpc) is 2.20. The quantitative estimate of drug-likeness (QED) is 0.649. The second-order valence-corrected chi connectivity index (χ2v) is 2.48. The second-order valence-electron chi connectivity index (χ2n) is 2.11. The van der Waals surface area contributed by atoms with E-state index in [-0.39, 0.29) is 0 Å². The number of aryl methyl sites for hydroxylation is 1. The third-order valence-electron chi connectivity index (χ3n) is 1.47. The van der Waals surface area contributed by atoms with E-state index in [1.807, 2.05) is 11.6 Å². The fourth-order valence-electron chi connectivity index (χ4n) is 0.790. The summed E-state index contributed by atoms with van der Waals surface area (Å²) < 4.78 is 1.84. The highest BCUT2D eigenvalue weighted by molar-refractivity contribution is 6.17. The van der Waals surface area contributed by atoms with Crippen LogP contribution < -0.4 is 5.73 Å². The number of imidazole rings is 1. The Morgan fingerprint density at radius 3 is 2.90 bits per heavy atom. The van der Waals surface area contributed by atoms with Crippen molar-refractivity contribution in [1.29, 1.82) is 0 Å². The van der Waals surface area contributed by atoms with Crippen molar-refractivity contribution >= 4 is 17.5 Å². The van der Waals surface area contributed by atoms with E-state index >= 15 is 0 Å². The minimum Gasteiger partial charge on any atom is -0.369 e. The zero-order valence-corrected chi connectivity index (χ0v) is 6.60. The van der Waals surface area contributed by atoms with Gasteiger partial charge >= 0.3 is 0 Å². The minimum absolute atomic E-state index is 0.542. The van der Waals surface area contributed by atoms with Crippen molar-refractivity contribution in [1.82, 2.24) is 9.55 Å². The third-order valence-corrected chi connectivity index (χ3v) is 1.66. The van der Waals surface area contributed by atoms with Gasteiger partial charge in [-0.3, -0.25) is 0 Å². The van der Waals surface area contributed by atoms with Crippen LogP contribution in [0.1, 0.15) is 5.69 Å². The first-order chi connectivity index (χ1) is 4.75. The van der Waals surface area contributed by atoms with E-state index in [9.17, 15) is 0 Å². The number of hydrogen-bond donors (Lipinski definition) is 1. The van der Waals surface area contributed by atoms with Gasteiger partial charge in [0.15, 0.2) is 5.95 Å². The Bertz CT molecular complexity index is 219. The molecule has 0 unspecified atom stereocenters. The van der Waals surface area contributed by atoms with E-state index in [1.54, 1.807) is 6.20 Å². The molecular formula is C6H10ClN3. The molecule has 0 aliphatic heterocycles. The van der Waals surface area contributed by atoms with E-state index in [2.05, 4.69) is 4.98 Å². The summed E-state index contributed by atoms with van der Waals surface area (Å²) in [5, 5.41) is 0. The first-order valence-electron chi connectivity index (χ1n) is 3.07. The monoisotopic (exact) mass is 159 g/mol. The molecule has 0 amide bonds. The number of aromatic nitrogens is 2. The Kier molecular flexibility index (Phi) is 2.17. The zero-order valence-electron chi connectivity index (χ0n) is 5.84. The Hall–Kier alpha value is -0.700. The topological polar surface area (TPSA) is 43.8 Å². The van der Waals surface area contributed by atoms with Gasteiger partial charge in [-0.1, -0.05) is 0 Å². The van der Waals surface area contributed by atoms with Crippen LogP contribution in [-0.2, 0) is 13.5 Å². The number of alkyl halides is 1. The van der Waals surface area contributed by atoms with Gasteiger partial charge in [-0.25, -0.2) is 4.98 Å². The maximum absolute atomic E-state index is 5.54. The Morgan fingerprint density at radius 1 is 1.80 bits per heavy atom. The lowest BCUT2D eigenvalue weighted by Gasteiger charge is -1.98. The molecule has 0 bridgehead atoms. The first kappa shape index (κ1) is 7.41. The third kappa shape index (κ3) is 1.24. The Labute approximate surface area is 64.8 Å². The van der Waals surface area contributed by atoms with Gasteiger partial charge < -0.3 is 10.3 Å². The molecule has 0 spiro atoms. The van der Waals surface area contributed by atoms with Gasteiger partial charge in [0.25, 0.3) is 0 Å². The molecule has 0 atom stereocenters. The summed E-state index contributed by atoms with van der Waals surface area (Å²) >= 11 is 5.54. The Morgan fingerprint density at radius 2 is 2.50 bits per heavy atom. The van der Waals surface area contributed by atoms with Crippen molar-refractivity contribution in [2.24, 2.45) is 7.05 Å². The second kappa shape index (κ2) is 2.92. The van der Waals surface area contributed by atoms with Crippen molar-refractivity contribution in [3.63, 3.8) is 0 Å². The summed E-state index contributed by atoms with van der Waals surface area (Å²) in [5.74, 6) is 1.15. The molecule has 2 N–H and O–H groups in total. The summed E-state index contributed by atoms with van der Waals surface area (Å²) in [6.07, 6.45) is 2.57. The fraction of sp³-hybridized carbons (Fsp3) is 0.500. The molecule has 0 aliphatic carbocycles. The van der Waals surface area contributed by atoms with Crippen LogP contribution in [0.15, 0.2) is 6.20 Å². The van der Waals surface area contributed by atoms with Gasteiger partial charge in [-0.15, -0.1) is 11.6 Å². The van der Waals surface area contributed by atoms with E-state index in [1.165, 1.54) is 0 Å². The molecule has 1 heterocycles. The molecule has 0 aliphatic rings. The van der Waals surface area contributed by atoms with Gasteiger partial charge in [0.05, 0.1) is 6.20 Å². The number of nitrogens with two attached hydrogens (primary N) is 1. The number of halogens is 1. The molecule has 0 radical (unpaired) electrons. The number of nitrogen functional groups attached to an aromatic ring is 1. The predicted octanol–water partition coefficient (Wildman–Crippen LogP) is 0.784. The van der Waals surface area contributed by atoms with E-state index in [4.69, 9.17) is 17.3 Å². The van der Waals surface area contributed by atoms with Gasteiger partial charge in [0, 0.05) is 25.0 Å². The summed E-state index contributed by atoms with van der Waals surface area (Å²) in [7, 11) is 1.88. The van der Waals surface area contributed by atoms with Crippen LogP contribution in [0.3, 0.4) is 0 Å². The van der Waals surface area contributed by atoms with Gasteiger partial charge in [0.1, 0.15) is 0 Å². The lowest BCUT2D eigenvalue weighted by atomic mass is 10.4. The number of anilines is 1. The Balaban J connectivity index is 2.83. The molecule has 10 heavy (non-hydrogen) atoms. The van der Waals surface area contributed by atoms with Crippen molar-refractivity contribution in [3.05, 3.63) is 11.9 Å². The van der Waals surface area contributed by atoms with Crippen LogP contribution in [0.5, 0.6) is 0 Å². The van der Waals surface area contributed by atoms with Gasteiger partial charge in [0.2, 0.25) is 0 Å². The molecular weight excluding hydrogens is 150 g/mol. The van der Waals surface area contributed by atoms with Gasteiger partial charge in [-0.05, 0) is 0 Å². The zero-order chi connectivity index (χ0) is 7.56. The SMILES string of the molecule is Cn1c(CCCl)cnc1N. The van der Waals surface area contributed by atoms with Crippen LogP contribution in [0.2, 0.25) is 0 Å². The molecule has 1 aromatic rings. The highest BCUT2D eigenvalue weighted by Crippen LogP contribution is 2.04. The summed E-state index contributed by atoms with van der Waals surface area (Å²) in [5.41, 5.74) is 6.56. The molecule has 0 aromatic carbocycles. The molecule has 4 heteroatoms. The summed E-state index contributed by atoms with van der Waals surface area (Å²) in [6.45, 7) is 0. The lowest BCUT2D eigenvalue weighted by molar-refractivity contribution is 0.847. The van der Waals surface area contributed by atoms with E-state index < -0.39 is 0 Å². The van der Waals surface area contributed by atoms with Crippen molar-refractivity contribution in [2.45, 2.75) is 6.42 Å². The maximum Gasteiger partial charge on any atom is 0.200 e. The van der Waals surface area contributed by atoms with Crippen LogP contribution in [0.25, 0.3) is 0 Å². The van der Waals surface area contributed by atoms with Crippen molar-refractivity contribution in [2.75, 3.05) is 11.6 Å². The lowest BCUT2D eigenvalue weighted by Crippen LogP contribution is -2.01. The normalized spacial score (nSPS) is 10.2. The summed E-state index contributed by atoms with van der Waals surface area (Å²) in [6, 6.07) is 0. The molecule has 1 rings (SSSR count). The van der Waals surface area contributed by atoms with Crippen LogP contribution in [0, 0.1) is 0 Å². The van der Waals surface area contributed by atoms with Crippen molar-refractivity contribution < 1.29 is 0 Å². The van der Waals surface area contributed by atoms with E-state index in [0.29, 0.717) is 11.8 Å². The standard InChI is InChI=1S/C6H10ClN3/c1-10-5(2-3-7)4-9-6(10)8/h4H,2-3H2,1H3,(H2,8,9). The van der Waals surface area contributed by atoms with Crippen LogP contribution in [0.4, 0.5) is 5.95 Å². The number of nitrogens with zero attached hydrogens (tertiary/aromatic N) is 2. The fourth-order valence-corrected chi connectivity index (χ4v) is 0.984. The smallest absolute Gasteiger partial charge is 0.200 e. The molecule has 3 nitrogen and oxygen atoms in total. The van der Waals surface area contributed by atoms with Crippen LogP contribution in [-0.4, -0.2) is 15.4 Å². The first-order valence-corrected chi connectivity index (χ1v) is 3.61. The minimum atomic E-state index is 0.542. The molecule has 0 fully saturated rings. The summed E-state index contributed by atoms with van der Waals surface area (Å²) in [4.78, 5) is 3.92. The molecule has 1 aromatic heterocycles. The highest BCUT2D eigenvalue weighted by Gasteiger charge is 2.00. The number of hydrogen-bond acceptors (Lipinski definition) is 2. The maximum atomic E-state index is 5.54. The average molecular weight is 160 g/mol. The number of rotatable bonds is 2. The predicted molar refractivity (Wildman–Crippen MR) is 42.0 cm³/mol. The highest BCUT2D eigenvalue weighted by atomic mass is 35.5. The molecule has 0 saturated heterocycles. The molecule has 56 valence electrons.